The van der Waals surface area contributed by atoms with Gasteiger partial charge in [-0.2, -0.15) is 4.31 Å². The standard InChI is InChI=1S/C27H29F2N5O5S/c28-11-1-2-12-32-16-21(30-31-32)17-39-18-22-4-3-13-34(22)40(37,38)23-9-10-25-24(14-23)26(35)27(36)33(25)15-19-5-7-20(29)8-6-19/h5-10,14,16,22H,1-4,11-13,15,17-18H2/t22-/m0/s1. The van der Waals surface area contributed by atoms with Crippen molar-refractivity contribution >= 4 is 27.4 Å². The van der Waals surface area contributed by atoms with E-state index in [0.29, 0.717) is 55.7 Å². The minimum atomic E-state index is -3.97. The summed E-state index contributed by atoms with van der Waals surface area (Å²) in [5.74, 6) is -1.96. The van der Waals surface area contributed by atoms with Gasteiger partial charge in [0.2, 0.25) is 10.0 Å². The maximum atomic E-state index is 13.6. The molecule has 3 heterocycles. The number of hydrogen-bond donors (Lipinski definition) is 0. The lowest BCUT2D eigenvalue weighted by molar-refractivity contribution is -0.114. The van der Waals surface area contributed by atoms with Crippen LogP contribution in [0.25, 0.3) is 0 Å². The van der Waals surface area contributed by atoms with Crippen molar-refractivity contribution in [3.8, 4) is 0 Å². The molecule has 0 saturated carbocycles. The molecule has 1 fully saturated rings. The number of unbranched alkanes of at least 4 members (excludes halogenated alkanes) is 1. The predicted molar refractivity (Wildman–Crippen MR) is 140 cm³/mol. The molecule has 1 saturated heterocycles. The molecule has 212 valence electrons. The van der Waals surface area contributed by atoms with Crippen molar-refractivity contribution in [3.63, 3.8) is 0 Å². The fourth-order valence-electron chi connectivity index (χ4n) is 4.98. The minimum Gasteiger partial charge on any atom is -0.373 e. The Morgan fingerprint density at radius 1 is 1.07 bits per heavy atom. The first kappa shape index (κ1) is 28.0. The molecule has 1 atom stereocenters. The highest BCUT2D eigenvalue weighted by molar-refractivity contribution is 7.89. The van der Waals surface area contributed by atoms with Crippen LogP contribution in [0.5, 0.6) is 0 Å². The van der Waals surface area contributed by atoms with E-state index < -0.39 is 33.6 Å². The Bertz CT molecular complexity index is 1500. The third-order valence-electron chi connectivity index (χ3n) is 7.04. The van der Waals surface area contributed by atoms with Crippen molar-refractivity contribution in [2.45, 2.75) is 56.3 Å². The number of nitrogens with zero attached hydrogens (tertiary/aromatic N) is 5. The summed E-state index contributed by atoms with van der Waals surface area (Å²) < 4.78 is 61.5. The van der Waals surface area contributed by atoms with Crippen LogP contribution in [0, 0.1) is 5.82 Å². The molecule has 1 amide bonds. The van der Waals surface area contributed by atoms with Crippen LogP contribution < -0.4 is 4.90 Å². The predicted octanol–water partition coefficient (Wildman–Crippen LogP) is 3.27. The van der Waals surface area contributed by atoms with Gasteiger partial charge in [-0.3, -0.25) is 18.7 Å². The Balaban J connectivity index is 1.25. The summed E-state index contributed by atoms with van der Waals surface area (Å²) in [6, 6.07) is 9.31. The number of aromatic nitrogens is 3. The quantitative estimate of drug-likeness (QED) is 0.241. The number of alkyl halides is 1. The number of ether oxygens (including phenoxy) is 1. The average molecular weight is 574 g/mol. The summed E-state index contributed by atoms with van der Waals surface area (Å²) in [5, 5.41) is 8.03. The number of aryl methyl sites for hydroxylation is 1. The van der Waals surface area contributed by atoms with Crippen molar-refractivity contribution in [2.24, 2.45) is 0 Å². The minimum absolute atomic E-state index is 0.0229. The molecule has 0 spiro atoms. The molecule has 13 heteroatoms. The first-order valence-electron chi connectivity index (χ1n) is 13.1. The molecule has 0 aliphatic carbocycles. The molecule has 3 aromatic rings. The smallest absolute Gasteiger partial charge is 0.299 e. The number of ketones is 1. The lowest BCUT2D eigenvalue weighted by atomic mass is 10.1. The summed E-state index contributed by atoms with van der Waals surface area (Å²) >= 11 is 0. The highest BCUT2D eigenvalue weighted by Gasteiger charge is 2.39. The molecule has 0 radical (unpaired) electrons. The number of carbonyl (C=O) groups excluding carboxylic acids is 2. The number of rotatable bonds is 12. The lowest BCUT2D eigenvalue weighted by Gasteiger charge is -2.24. The first-order chi connectivity index (χ1) is 19.3. The number of hydrogen-bond acceptors (Lipinski definition) is 7. The second-order valence-corrected chi connectivity index (χ2v) is 11.7. The Labute approximate surface area is 230 Å². The van der Waals surface area contributed by atoms with Crippen LogP contribution in [0.3, 0.4) is 0 Å². The van der Waals surface area contributed by atoms with Gasteiger partial charge in [-0.05, 0) is 61.6 Å². The monoisotopic (exact) mass is 573 g/mol. The fraction of sp³-hybridized carbons (Fsp3) is 0.407. The third-order valence-corrected chi connectivity index (χ3v) is 8.99. The second kappa shape index (κ2) is 11.9. The highest BCUT2D eigenvalue weighted by Crippen LogP contribution is 2.34. The summed E-state index contributed by atoms with van der Waals surface area (Å²) in [6.45, 7) is 0.864. The van der Waals surface area contributed by atoms with E-state index in [0.717, 1.165) is 0 Å². The van der Waals surface area contributed by atoms with E-state index in [2.05, 4.69) is 10.3 Å². The van der Waals surface area contributed by atoms with E-state index in [1.54, 1.807) is 10.9 Å². The van der Waals surface area contributed by atoms with E-state index in [4.69, 9.17) is 4.74 Å². The van der Waals surface area contributed by atoms with Crippen molar-refractivity contribution < 1.29 is 31.5 Å². The van der Waals surface area contributed by atoms with Gasteiger partial charge in [-0.25, -0.2) is 12.8 Å². The van der Waals surface area contributed by atoms with Gasteiger partial charge in [0.05, 0.1) is 48.8 Å². The van der Waals surface area contributed by atoms with Gasteiger partial charge in [-0.1, -0.05) is 17.3 Å². The Hall–Kier alpha value is -3.55. The normalized spacial score (nSPS) is 17.6. The van der Waals surface area contributed by atoms with Gasteiger partial charge in [0.15, 0.2) is 0 Å². The van der Waals surface area contributed by atoms with Gasteiger partial charge in [0, 0.05) is 19.1 Å². The Morgan fingerprint density at radius 2 is 1.88 bits per heavy atom. The SMILES string of the molecule is O=C1C(=O)N(Cc2ccc(F)cc2)c2ccc(S(=O)(=O)N3CCC[C@H]3COCc3cn(CCCCF)nn3)cc21. The second-order valence-electron chi connectivity index (χ2n) is 9.82. The molecule has 0 bridgehead atoms. The Kier molecular flexibility index (Phi) is 8.33. The van der Waals surface area contributed by atoms with Gasteiger partial charge < -0.3 is 9.64 Å². The molecule has 0 N–H and O–H groups in total. The van der Waals surface area contributed by atoms with E-state index in [1.807, 2.05) is 0 Å². The molecule has 2 aliphatic heterocycles. The van der Waals surface area contributed by atoms with E-state index >= 15 is 0 Å². The molecule has 1 aromatic heterocycles. The van der Waals surface area contributed by atoms with Crippen LogP contribution in [0.15, 0.2) is 53.6 Å². The van der Waals surface area contributed by atoms with E-state index in [1.165, 1.54) is 51.7 Å². The number of Topliss-reactive ketones (excluding diaryl/α,β-unsaturated/α-hetero) is 1. The van der Waals surface area contributed by atoms with Gasteiger partial charge >= 0.3 is 0 Å². The zero-order valence-electron chi connectivity index (χ0n) is 21.7. The molecular formula is C27H29F2N5O5S. The van der Waals surface area contributed by atoms with Gasteiger partial charge in [0.25, 0.3) is 11.7 Å². The number of fused-ring (bicyclic) bond motifs is 1. The Morgan fingerprint density at radius 3 is 2.65 bits per heavy atom. The largest absolute Gasteiger partial charge is 0.373 e. The van der Waals surface area contributed by atoms with Crippen LogP contribution in [0.2, 0.25) is 0 Å². The molecule has 0 unspecified atom stereocenters. The first-order valence-corrected chi connectivity index (χ1v) is 14.5. The molecule has 2 aliphatic rings. The summed E-state index contributed by atoms with van der Waals surface area (Å²) in [7, 11) is -3.97. The molecule has 10 nitrogen and oxygen atoms in total. The lowest BCUT2D eigenvalue weighted by Crippen LogP contribution is -2.38. The number of sulfonamides is 1. The molecule has 2 aromatic carbocycles. The maximum Gasteiger partial charge on any atom is 0.299 e. The molecule has 5 rings (SSSR count). The van der Waals surface area contributed by atoms with Crippen molar-refractivity contribution in [2.75, 3.05) is 24.7 Å². The van der Waals surface area contributed by atoms with Crippen molar-refractivity contribution in [1.29, 1.82) is 0 Å². The van der Waals surface area contributed by atoms with Crippen LogP contribution in [0.4, 0.5) is 14.5 Å². The van der Waals surface area contributed by atoms with Crippen LogP contribution in [-0.2, 0) is 39.3 Å². The molecule has 40 heavy (non-hydrogen) atoms. The van der Waals surface area contributed by atoms with Crippen LogP contribution in [0.1, 0.15) is 47.3 Å². The zero-order valence-corrected chi connectivity index (χ0v) is 22.5. The van der Waals surface area contributed by atoms with Crippen molar-refractivity contribution in [1.82, 2.24) is 19.3 Å². The zero-order chi connectivity index (χ0) is 28.3. The number of halogens is 2. The summed E-state index contributed by atoms with van der Waals surface area (Å²) in [4.78, 5) is 26.7. The average Bonchev–Trinajstić information content (AvgIpc) is 3.66. The number of benzene rings is 2. The topological polar surface area (TPSA) is 115 Å². The van der Waals surface area contributed by atoms with E-state index in [-0.39, 0.29) is 36.9 Å². The summed E-state index contributed by atoms with van der Waals surface area (Å²) in [6.07, 6.45) is 4.11. The maximum absolute atomic E-state index is 13.6. The van der Waals surface area contributed by atoms with Crippen LogP contribution >= 0.6 is 0 Å². The summed E-state index contributed by atoms with van der Waals surface area (Å²) in [5.41, 5.74) is 1.57. The highest BCUT2D eigenvalue weighted by atomic mass is 32.2. The fourth-order valence-corrected chi connectivity index (χ4v) is 6.68. The van der Waals surface area contributed by atoms with Gasteiger partial charge in [0.1, 0.15) is 11.5 Å². The number of amides is 1. The van der Waals surface area contributed by atoms with E-state index in [9.17, 15) is 26.8 Å². The van der Waals surface area contributed by atoms with Crippen molar-refractivity contribution in [3.05, 3.63) is 71.3 Å². The third kappa shape index (κ3) is 5.81. The molecular weight excluding hydrogens is 544 g/mol. The number of anilines is 1. The van der Waals surface area contributed by atoms with Gasteiger partial charge in [-0.15, -0.1) is 5.10 Å². The number of carbonyl (C=O) groups is 2. The van der Waals surface area contributed by atoms with Crippen LogP contribution in [-0.4, -0.2) is 65.3 Å².